The molecule has 0 aliphatic carbocycles. The molecule has 5 nitrogen and oxygen atoms in total. The molecule has 0 aromatic carbocycles. The number of carbonyl (C=O) groups excluding carboxylic acids is 1. The molecule has 0 aromatic heterocycles. The van der Waals surface area contributed by atoms with E-state index in [2.05, 4.69) is 0 Å². The van der Waals surface area contributed by atoms with Crippen molar-refractivity contribution in [3.63, 3.8) is 0 Å². The first-order chi connectivity index (χ1) is 6.86. The summed E-state index contributed by atoms with van der Waals surface area (Å²) in [5.74, 6) is -1.17. The standard InChI is InChI=1S/C9H19O5P/c1-4-15(12,13)8(3)7(2)9(11)14-6-5-10/h7-8,10H,4-6H2,1-3H3,(H,12,13). The lowest BCUT2D eigenvalue weighted by atomic mass is 10.1. The fraction of sp³-hybridized carbons (Fsp3) is 0.889. The van der Waals surface area contributed by atoms with Crippen molar-refractivity contribution in [1.82, 2.24) is 0 Å². The van der Waals surface area contributed by atoms with Crippen LogP contribution in [-0.2, 0) is 14.1 Å². The van der Waals surface area contributed by atoms with Crippen LogP contribution in [0.4, 0.5) is 0 Å². The second kappa shape index (κ2) is 6.26. The molecule has 0 aliphatic rings. The Bertz CT molecular complexity index is 253. The zero-order valence-corrected chi connectivity index (χ0v) is 10.2. The van der Waals surface area contributed by atoms with E-state index in [1.54, 1.807) is 20.8 Å². The number of ether oxygens (including phenoxy) is 1. The maximum absolute atomic E-state index is 11.6. The van der Waals surface area contributed by atoms with Crippen molar-refractivity contribution in [2.24, 2.45) is 5.92 Å². The summed E-state index contributed by atoms with van der Waals surface area (Å²) < 4.78 is 16.3. The van der Waals surface area contributed by atoms with E-state index in [9.17, 15) is 14.3 Å². The molecule has 0 heterocycles. The Hall–Kier alpha value is -0.380. The molecular weight excluding hydrogens is 219 g/mol. The van der Waals surface area contributed by atoms with Gasteiger partial charge in [0.15, 0.2) is 0 Å². The molecule has 2 N–H and O–H groups in total. The number of hydrogen-bond donors (Lipinski definition) is 2. The van der Waals surface area contributed by atoms with Gasteiger partial charge in [-0.3, -0.25) is 9.36 Å². The van der Waals surface area contributed by atoms with Crippen LogP contribution in [0.3, 0.4) is 0 Å². The monoisotopic (exact) mass is 238 g/mol. The number of carbonyl (C=O) groups is 1. The lowest BCUT2D eigenvalue weighted by Crippen LogP contribution is -2.26. The molecule has 3 unspecified atom stereocenters. The summed E-state index contributed by atoms with van der Waals surface area (Å²) in [6.07, 6.45) is 0.145. The third kappa shape index (κ3) is 4.33. The van der Waals surface area contributed by atoms with Gasteiger partial charge in [-0.25, -0.2) is 0 Å². The Kier molecular flexibility index (Phi) is 6.10. The first-order valence-corrected chi connectivity index (χ1v) is 6.87. The van der Waals surface area contributed by atoms with E-state index in [4.69, 9.17) is 9.84 Å². The number of esters is 1. The Morgan fingerprint density at radius 2 is 2.00 bits per heavy atom. The molecule has 15 heavy (non-hydrogen) atoms. The molecule has 0 saturated heterocycles. The molecule has 90 valence electrons. The van der Waals surface area contributed by atoms with Crippen LogP contribution in [0, 0.1) is 5.92 Å². The van der Waals surface area contributed by atoms with Gasteiger partial charge in [0.1, 0.15) is 6.61 Å². The van der Waals surface area contributed by atoms with Gasteiger partial charge in [0.25, 0.3) is 0 Å². The first kappa shape index (κ1) is 14.6. The van der Waals surface area contributed by atoms with E-state index < -0.39 is 24.9 Å². The Labute approximate surface area is 89.9 Å². The van der Waals surface area contributed by atoms with Gasteiger partial charge >= 0.3 is 5.97 Å². The Morgan fingerprint density at radius 3 is 2.40 bits per heavy atom. The van der Waals surface area contributed by atoms with Crippen LogP contribution in [-0.4, -0.2) is 41.0 Å². The van der Waals surface area contributed by atoms with E-state index >= 15 is 0 Å². The van der Waals surface area contributed by atoms with Gasteiger partial charge in [-0.2, -0.15) is 0 Å². The van der Waals surface area contributed by atoms with Crippen molar-refractivity contribution in [2.45, 2.75) is 26.4 Å². The van der Waals surface area contributed by atoms with Gasteiger partial charge < -0.3 is 14.7 Å². The second-order valence-electron chi connectivity index (χ2n) is 3.49. The SMILES string of the molecule is CCP(=O)(O)C(C)C(C)C(=O)OCCO. The Balaban J connectivity index is 4.37. The smallest absolute Gasteiger partial charge is 0.309 e. The molecule has 0 spiro atoms. The van der Waals surface area contributed by atoms with Crippen LogP contribution in [0.5, 0.6) is 0 Å². The quantitative estimate of drug-likeness (QED) is 0.529. The van der Waals surface area contributed by atoms with Crippen LogP contribution < -0.4 is 0 Å². The van der Waals surface area contributed by atoms with Crippen molar-refractivity contribution in [1.29, 1.82) is 0 Å². The zero-order chi connectivity index (χ0) is 12.1. The third-order valence-electron chi connectivity index (χ3n) is 2.52. The third-order valence-corrected chi connectivity index (χ3v) is 5.15. The van der Waals surface area contributed by atoms with Gasteiger partial charge in [0, 0.05) is 11.8 Å². The summed E-state index contributed by atoms with van der Waals surface area (Å²) in [6.45, 7) is 4.43. The van der Waals surface area contributed by atoms with Gasteiger partial charge in [-0.1, -0.05) is 20.8 Å². The summed E-state index contributed by atoms with van der Waals surface area (Å²) in [7, 11) is -3.27. The second-order valence-corrected chi connectivity index (χ2v) is 6.45. The largest absolute Gasteiger partial charge is 0.463 e. The molecule has 6 heteroatoms. The normalized spacial score (nSPS) is 19.0. The fourth-order valence-corrected chi connectivity index (χ4v) is 2.51. The average Bonchev–Trinajstić information content (AvgIpc) is 2.23. The summed E-state index contributed by atoms with van der Waals surface area (Å²) in [5.41, 5.74) is -0.617. The van der Waals surface area contributed by atoms with Gasteiger partial charge in [0.05, 0.1) is 12.5 Å². The van der Waals surface area contributed by atoms with E-state index in [-0.39, 0.29) is 19.4 Å². The lowest BCUT2D eigenvalue weighted by Gasteiger charge is -2.22. The van der Waals surface area contributed by atoms with Crippen molar-refractivity contribution >= 4 is 13.3 Å². The molecule has 3 atom stereocenters. The topological polar surface area (TPSA) is 83.8 Å². The fourth-order valence-electron chi connectivity index (χ4n) is 1.11. The molecule has 0 saturated carbocycles. The van der Waals surface area contributed by atoms with Crippen LogP contribution in [0.25, 0.3) is 0 Å². The van der Waals surface area contributed by atoms with Crippen LogP contribution >= 0.6 is 7.37 Å². The van der Waals surface area contributed by atoms with E-state index in [0.29, 0.717) is 0 Å². The molecule has 0 amide bonds. The van der Waals surface area contributed by atoms with E-state index in [1.165, 1.54) is 0 Å². The highest BCUT2D eigenvalue weighted by molar-refractivity contribution is 7.58. The van der Waals surface area contributed by atoms with Gasteiger partial charge in [0.2, 0.25) is 7.37 Å². The van der Waals surface area contributed by atoms with Gasteiger partial charge in [-0.05, 0) is 0 Å². The van der Waals surface area contributed by atoms with Crippen molar-refractivity contribution in [3.05, 3.63) is 0 Å². The predicted octanol–water partition coefficient (Wildman–Crippen LogP) is 0.837. The predicted molar refractivity (Wildman–Crippen MR) is 57.0 cm³/mol. The average molecular weight is 238 g/mol. The van der Waals surface area contributed by atoms with Crippen LogP contribution in [0.1, 0.15) is 20.8 Å². The zero-order valence-electron chi connectivity index (χ0n) is 9.34. The van der Waals surface area contributed by atoms with Crippen LogP contribution in [0.15, 0.2) is 0 Å². The molecule has 0 rings (SSSR count). The van der Waals surface area contributed by atoms with Gasteiger partial charge in [-0.15, -0.1) is 0 Å². The number of aliphatic hydroxyl groups is 1. The number of hydrogen-bond acceptors (Lipinski definition) is 4. The summed E-state index contributed by atoms with van der Waals surface area (Å²) in [6, 6.07) is 0. The molecule has 0 fully saturated rings. The summed E-state index contributed by atoms with van der Waals surface area (Å²) >= 11 is 0. The lowest BCUT2D eigenvalue weighted by molar-refractivity contribution is -0.148. The molecule has 0 bridgehead atoms. The highest BCUT2D eigenvalue weighted by Gasteiger charge is 2.34. The molecule has 0 radical (unpaired) electrons. The van der Waals surface area contributed by atoms with E-state index in [1.807, 2.05) is 0 Å². The maximum atomic E-state index is 11.6. The summed E-state index contributed by atoms with van der Waals surface area (Å²) in [5, 5.41) is 8.46. The minimum Gasteiger partial charge on any atom is -0.463 e. The summed E-state index contributed by atoms with van der Waals surface area (Å²) in [4.78, 5) is 20.9. The number of rotatable bonds is 6. The first-order valence-electron chi connectivity index (χ1n) is 4.95. The molecule has 0 aromatic rings. The minimum absolute atomic E-state index is 0.0717. The highest BCUT2D eigenvalue weighted by atomic mass is 31.2. The minimum atomic E-state index is -3.27. The molecule has 0 aliphatic heterocycles. The molecular formula is C9H19O5P. The van der Waals surface area contributed by atoms with Crippen molar-refractivity contribution in [3.8, 4) is 0 Å². The van der Waals surface area contributed by atoms with Crippen LogP contribution in [0.2, 0.25) is 0 Å². The Morgan fingerprint density at radius 1 is 1.47 bits per heavy atom. The maximum Gasteiger partial charge on any atom is 0.309 e. The van der Waals surface area contributed by atoms with Crippen molar-refractivity contribution < 1.29 is 24.1 Å². The highest BCUT2D eigenvalue weighted by Crippen LogP contribution is 2.48. The van der Waals surface area contributed by atoms with E-state index in [0.717, 1.165) is 0 Å². The number of aliphatic hydroxyl groups excluding tert-OH is 1. The van der Waals surface area contributed by atoms with Crippen molar-refractivity contribution in [2.75, 3.05) is 19.4 Å².